The highest BCUT2D eigenvalue weighted by Crippen LogP contribution is 2.45. The summed E-state index contributed by atoms with van der Waals surface area (Å²) in [6.45, 7) is 9.19. The molecule has 0 aromatic carbocycles. The fourth-order valence-electron chi connectivity index (χ4n) is 7.94. The molecule has 0 fully saturated rings. The highest BCUT2D eigenvalue weighted by atomic mass is 31.2. The number of unbranched alkanes of at least 4 members (excludes halogenated alkanes) is 24. The van der Waals surface area contributed by atoms with E-state index in [1.807, 2.05) is 0 Å². The molecule has 0 aliphatic carbocycles. The lowest BCUT2D eigenvalue weighted by molar-refractivity contribution is -0.161. The van der Waals surface area contributed by atoms with Crippen molar-refractivity contribution in [2.75, 3.05) is 39.6 Å². The standard InChI is InChI=1S/C55H106O17P2/c1-7-9-11-13-18-27-33-39-54(59)71-50(43-65-52(57)37-31-23-12-10-8-2)45-69-73(61,62)67-41-49(56)42-68-74(63,64)70-46-51(44-66-53(58)38-32-26-22-21-25-30-36-48(5)6)72-55(60)40-34-28-20-17-15-14-16-19-24-29-35-47(3)4/h47-51,56H,7-46H2,1-6H3,(H,61,62)(H,63,64)/t49-,50+,51+/m0/s1. The Labute approximate surface area is 447 Å². The molecular weight excluding hydrogens is 995 g/mol. The Bertz CT molecular complexity index is 1480. The van der Waals surface area contributed by atoms with Gasteiger partial charge in [0.2, 0.25) is 0 Å². The fraction of sp³-hybridized carbons (Fsp3) is 0.927. The summed E-state index contributed by atoms with van der Waals surface area (Å²) >= 11 is 0. The Kier molecular flexibility index (Phi) is 46.9. The van der Waals surface area contributed by atoms with E-state index in [1.54, 1.807) is 0 Å². The zero-order valence-electron chi connectivity index (χ0n) is 47.1. The summed E-state index contributed by atoms with van der Waals surface area (Å²) in [4.78, 5) is 71.4. The van der Waals surface area contributed by atoms with E-state index < -0.39 is 97.5 Å². The average Bonchev–Trinajstić information content (AvgIpc) is 3.35. The summed E-state index contributed by atoms with van der Waals surface area (Å²) in [5.41, 5.74) is 0. The molecule has 0 aliphatic heterocycles. The highest BCUT2D eigenvalue weighted by molar-refractivity contribution is 7.47. The van der Waals surface area contributed by atoms with Crippen LogP contribution in [0.4, 0.5) is 0 Å². The molecule has 74 heavy (non-hydrogen) atoms. The van der Waals surface area contributed by atoms with Crippen LogP contribution < -0.4 is 0 Å². The second-order valence-electron chi connectivity index (χ2n) is 20.9. The molecule has 0 rings (SSSR count). The number of rotatable bonds is 54. The van der Waals surface area contributed by atoms with Gasteiger partial charge in [-0.2, -0.15) is 0 Å². The van der Waals surface area contributed by atoms with Crippen LogP contribution in [0, 0.1) is 11.8 Å². The first-order valence-corrected chi connectivity index (χ1v) is 32.0. The van der Waals surface area contributed by atoms with E-state index in [0.717, 1.165) is 121 Å². The monoisotopic (exact) mass is 1100 g/mol. The summed E-state index contributed by atoms with van der Waals surface area (Å²) in [6.07, 6.45) is 27.3. The van der Waals surface area contributed by atoms with E-state index in [1.165, 1.54) is 51.4 Å². The van der Waals surface area contributed by atoms with E-state index in [4.69, 9.17) is 37.0 Å². The molecule has 5 atom stereocenters. The number of phosphoric ester groups is 2. The van der Waals surface area contributed by atoms with Crippen molar-refractivity contribution in [3.05, 3.63) is 0 Å². The summed E-state index contributed by atoms with van der Waals surface area (Å²) in [7, 11) is -9.85. The van der Waals surface area contributed by atoms with Gasteiger partial charge in [-0.25, -0.2) is 9.13 Å². The molecule has 438 valence electrons. The van der Waals surface area contributed by atoms with Gasteiger partial charge in [-0.1, -0.05) is 208 Å². The molecule has 0 radical (unpaired) electrons. The van der Waals surface area contributed by atoms with Crippen LogP contribution in [0.15, 0.2) is 0 Å². The van der Waals surface area contributed by atoms with Crippen LogP contribution in [0.1, 0.15) is 260 Å². The van der Waals surface area contributed by atoms with Crippen molar-refractivity contribution < 1.29 is 80.2 Å². The van der Waals surface area contributed by atoms with Crippen molar-refractivity contribution in [1.29, 1.82) is 0 Å². The van der Waals surface area contributed by atoms with Gasteiger partial charge in [-0.15, -0.1) is 0 Å². The van der Waals surface area contributed by atoms with Crippen LogP contribution in [-0.4, -0.2) is 96.7 Å². The third-order valence-electron chi connectivity index (χ3n) is 12.5. The molecule has 0 bridgehead atoms. The molecule has 0 aromatic heterocycles. The fourth-order valence-corrected chi connectivity index (χ4v) is 9.52. The minimum absolute atomic E-state index is 0.102. The van der Waals surface area contributed by atoms with Crippen molar-refractivity contribution >= 4 is 39.5 Å². The van der Waals surface area contributed by atoms with Gasteiger partial charge in [0.25, 0.3) is 0 Å². The molecule has 0 saturated heterocycles. The molecule has 0 spiro atoms. The number of hydrogen-bond acceptors (Lipinski definition) is 15. The predicted molar refractivity (Wildman–Crippen MR) is 289 cm³/mol. The van der Waals surface area contributed by atoms with E-state index >= 15 is 0 Å². The number of hydrogen-bond donors (Lipinski definition) is 3. The van der Waals surface area contributed by atoms with Crippen molar-refractivity contribution in [2.45, 2.75) is 278 Å². The average molecular weight is 1100 g/mol. The second-order valence-corrected chi connectivity index (χ2v) is 23.8. The van der Waals surface area contributed by atoms with E-state index in [2.05, 4.69) is 41.5 Å². The zero-order chi connectivity index (χ0) is 55.1. The Morgan fingerprint density at radius 2 is 0.622 bits per heavy atom. The number of phosphoric acid groups is 2. The maximum Gasteiger partial charge on any atom is 0.472 e. The molecule has 3 N–H and O–H groups in total. The lowest BCUT2D eigenvalue weighted by atomic mass is 10.0. The Morgan fingerprint density at radius 3 is 0.919 bits per heavy atom. The lowest BCUT2D eigenvalue weighted by Crippen LogP contribution is -2.30. The number of carbonyl (C=O) groups excluding carboxylic acids is 4. The quantitative estimate of drug-likeness (QED) is 0.0222. The topological polar surface area (TPSA) is 237 Å². The molecular formula is C55H106O17P2. The number of ether oxygens (including phenoxy) is 4. The van der Waals surface area contributed by atoms with Gasteiger partial charge < -0.3 is 33.8 Å². The van der Waals surface area contributed by atoms with Crippen LogP contribution in [0.3, 0.4) is 0 Å². The molecule has 0 aromatic rings. The molecule has 2 unspecified atom stereocenters. The minimum atomic E-state index is -4.93. The summed E-state index contributed by atoms with van der Waals surface area (Å²) < 4.78 is 67.3. The van der Waals surface area contributed by atoms with Gasteiger partial charge in [0.15, 0.2) is 12.2 Å². The van der Waals surface area contributed by atoms with Crippen molar-refractivity contribution in [3.8, 4) is 0 Å². The largest absolute Gasteiger partial charge is 0.472 e. The summed E-state index contributed by atoms with van der Waals surface area (Å²) in [6, 6.07) is 0. The minimum Gasteiger partial charge on any atom is -0.462 e. The molecule has 0 saturated carbocycles. The number of aliphatic hydroxyl groups is 1. The van der Waals surface area contributed by atoms with Crippen LogP contribution in [0.2, 0.25) is 0 Å². The highest BCUT2D eigenvalue weighted by Gasteiger charge is 2.30. The van der Waals surface area contributed by atoms with E-state index in [9.17, 15) is 43.2 Å². The second kappa shape index (κ2) is 48.2. The van der Waals surface area contributed by atoms with Crippen molar-refractivity contribution in [3.63, 3.8) is 0 Å². The van der Waals surface area contributed by atoms with Crippen LogP contribution >= 0.6 is 15.6 Å². The summed E-state index contributed by atoms with van der Waals surface area (Å²) in [5.74, 6) is -0.733. The summed E-state index contributed by atoms with van der Waals surface area (Å²) in [5, 5.41) is 10.4. The Hall–Kier alpha value is -1.94. The smallest absolute Gasteiger partial charge is 0.462 e. The molecule has 19 heteroatoms. The first kappa shape index (κ1) is 72.1. The third-order valence-corrected chi connectivity index (χ3v) is 14.4. The van der Waals surface area contributed by atoms with E-state index in [0.29, 0.717) is 31.6 Å². The van der Waals surface area contributed by atoms with Gasteiger partial charge in [0.1, 0.15) is 19.3 Å². The SMILES string of the molecule is CCCCCCCCCC(=O)O[C@H](COC(=O)CCCCCCC)COP(=O)(O)OC[C@H](O)COP(=O)(O)OC[C@@H](COC(=O)CCCCCCCCC(C)C)OC(=O)CCCCCCCCCCCCC(C)C. The molecule has 0 amide bonds. The molecule has 17 nitrogen and oxygen atoms in total. The van der Waals surface area contributed by atoms with E-state index in [-0.39, 0.29) is 25.7 Å². The molecule has 0 aliphatic rings. The van der Waals surface area contributed by atoms with Gasteiger partial charge in [-0.3, -0.25) is 37.3 Å². The molecule has 0 heterocycles. The van der Waals surface area contributed by atoms with Gasteiger partial charge in [0, 0.05) is 25.7 Å². The first-order chi connectivity index (χ1) is 35.4. The van der Waals surface area contributed by atoms with Crippen molar-refractivity contribution in [2.24, 2.45) is 11.8 Å². The maximum atomic E-state index is 12.9. The maximum absolute atomic E-state index is 12.9. The van der Waals surface area contributed by atoms with Crippen LogP contribution in [0.25, 0.3) is 0 Å². The van der Waals surface area contributed by atoms with Crippen LogP contribution in [0.5, 0.6) is 0 Å². The van der Waals surface area contributed by atoms with Crippen molar-refractivity contribution in [1.82, 2.24) is 0 Å². The number of aliphatic hydroxyl groups excluding tert-OH is 1. The lowest BCUT2D eigenvalue weighted by Gasteiger charge is -2.21. The van der Waals surface area contributed by atoms with Gasteiger partial charge in [0.05, 0.1) is 26.4 Å². The third kappa shape index (κ3) is 49.6. The zero-order valence-corrected chi connectivity index (χ0v) is 48.9. The van der Waals surface area contributed by atoms with Gasteiger partial charge in [-0.05, 0) is 37.5 Å². The number of esters is 4. The first-order valence-electron chi connectivity index (χ1n) is 29.0. The Morgan fingerprint density at radius 1 is 0.365 bits per heavy atom. The van der Waals surface area contributed by atoms with Gasteiger partial charge >= 0.3 is 39.5 Å². The predicted octanol–water partition coefficient (Wildman–Crippen LogP) is 14.1. The number of carbonyl (C=O) groups is 4. The normalized spacial score (nSPS) is 14.6. The van der Waals surface area contributed by atoms with Crippen LogP contribution in [-0.2, 0) is 65.4 Å². The Balaban J connectivity index is 5.17.